The second kappa shape index (κ2) is 9.19. The first-order valence-electron chi connectivity index (χ1n) is 8.41. The fraction of sp³-hybridized carbons (Fsp3) is 0.190. The first-order valence-corrected chi connectivity index (χ1v) is 9.64. The quantitative estimate of drug-likeness (QED) is 0.333. The van der Waals surface area contributed by atoms with Crippen molar-refractivity contribution in [2.45, 2.75) is 17.7 Å². The maximum absolute atomic E-state index is 11.7. The molecule has 1 aromatic heterocycles. The van der Waals surface area contributed by atoms with Gasteiger partial charge in [0.2, 0.25) is 0 Å². The number of carbonyl (C=O) groups is 1. The average molecular weight is 380 g/mol. The van der Waals surface area contributed by atoms with E-state index in [1.165, 1.54) is 11.8 Å². The van der Waals surface area contributed by atoms with Gasteiger partial charge >= 0.3 is 0 Å². The minimum Gasteiger partial charge on any atom is -0.497 e. The van der Waals surface area contributed by atoms with Crippen LogP contribution in [0.4, 0.5) is 0 Å². The average Bonchev–Trinajstić information content (AvgIpc) is 2.74. The molecule has 0 aliphatic rings. The summed E-state index contributed by atoms with van der Waals surface area (Å²) in [5, 5.41) is 0.645. The van der Waals surface area contributed by atoms with Crippen LogP contribution < -0.4 is 9.47 Å². The Labute approximate surface area is 162 Å². The molecule has 5 nitrogen and oxygen atoms in total. The number of aldehydes is 1. The van der Waals surface area contributed by atoms with Crippen molar-refractivity contribution < 1.29 is 14.3 Å². The molecule has 2 aromatic carbocycles. The minimum absolute atomic E-state index is 0.434. The van der Waals surface area contributed by atoms with Gasteiger partial charge < -0.3 is 14.3 Å². The third-order valence-corrected chi connectivity index (χ3v) is 4.64. The van der Waals surface area contributed by atoms with Crippen LogP contribution in [-0.2, 0) is 11.4 Å². The molecular weight excluding hydrogens is 360 g/mol. The Morgan fingerprint density at radius 3 is 2.63 bits per heavy atom. The molecule has 0 amide bonds. The lowest BCUT2D eigenvalue weighted by Gasteiger charge is -2.13. The first-order chi connectivity index (χ1) is 13.2. The van der Waals surface area contributed by atoms with Crippen molar-refractivity contribution in [2.24, 2.45) is 0 Å². The summed E-state index contributed by atoms with van der Waals surface area (Å²) in [5.41, 5.74) is 2.55. The second-order valence-corrected chi connectivity index (χ2v) is 6.56. The predicted octanol–water partition coefficient (Wildman–Crippen LogP) is 4.12. The van der Waals surface area contributed by atoms with Gasteiger partial charge in [-0.25, -0.2) is 9.97 Å². The molecule has 0 aliphatic carbocycles. The molecule has 1 atom stereocenters. The van der Waals surface area contributed by atoms with E-state index < -0.39 is 5.92 Å². The number of hydrogen-bond acceptors (Lipinski definition) is 6. The van der Waals surface area contributed by atoms with Crippen LogP contribution in [0.1, 0.15) is 22.7 Å². The van der Waals surface area contributed by atoms with E-state index in [-0.39, 0.29) is 0 Å². The summed E-state index contributed by atoms with van der Waals surface area (Å²) >= 11 is 1.45. The molecule has 0 aliphatic heterocycles. The van der Waals surface area contributed by atoms with E-state index in [1.807, 2.05) is 54.8 Å². The smallest absolute Gasteiger partial charge is 0.187 e. The summed E-state index contributed by atoms with van der Waals surface area (Å²) in [7, 11) is 1.64. The van der Waals surface area contributed by atoms with Crippen LogP contribution in [0.5, 0.6) is 11.5 Å². The van der Waals surface area contributed by atoms with E-state index in [1.54, 1.807) is 19.4 Å². The molecular formula is C21H20N2O3S. The molecule has 0 saturated heterocycles. The van der Waals surface area contributed by atoms with Gasteiger partial charge in [-0.2, -0.15) is 0 Å². The normalized spacial score (nSPS) is 11.6. The lowest BCUT2D eigenvalue weighted by molar-refractivity contribution is -0.108. The third-order valence-electron chi connectivity index (χ3n) is 4.07. The summed E-state index contributed by atoms with van der Waals surface area (Å²) in [6, 6.07) is 17.0. The highest BCUT2D eigenvalue weighted by Crippen LogP contribution is 2.26. The van der Waals surface area contributed by atoms with Gasteiger partial charge in [-0.1, -0.05) is 36.0 Å². The van der Waals surface area contributed by atoms with Gasteiger partial charge in [0.05, 0.1) is 18.7 Å². The topological polar surface area (TPSA) is 61.3 Å². The van der Waals surface area contributed by atoms with Gasteiger partial charge in [-0.05, 0) is 47.7 Å². The van der Waals surface area contributed by atoms with Crippen LogP contribution >= 0.6 is 11.8 Å². The zero-order chi connectivity index (χ0) is 19.1. The molecule has 138 valence electrons. The highest BCUT2D eigenvalue weighted by Gasteiger charge is 2.16. The molecule has 3 aromatic rings. The Balaban J connectivity index is 1.75. The van der Waals surface area contributed by atoms with Crippen molar-refractivity contribution in [2.75, 3.05) is 13.4 Å². The van der Waals surface area contributed by atoms with Crippen molar-refractivity contribution >= 4 is 18.0 Å². The van der Waals surface area contributed by atoms with Crippen molar-refractivity contribution in [1.29, 1.82) is 0 Å². The van der Waals surface area contributed by atoms with Crippen LogP contribution in [0.15, 0.2) is 66.0 Å². The van der Waals surface area contributed by atoms with E-state index in [4.69, 9.17) is 9.47 Å². The predicted molar refractivity (Wildman–Crippen MR) is 105 cm³/mol. The molecule has 0 fully saturated rings. The first kappa shape index (κ1) is 18.9. The molecule has 0 radical (unpaired) electrons. The summed E-state index contributed by atoms with van der Waals surface area (Å²) < 4.78 is 11.0. The lowest BCUT2D eigenvalue weighted by Crippen LogP contribution is -2.06. The van der Waals surface area contributed by atoms with Crippen LogP contribution in [0.25, 0.3) is 0 Å². The van der Waals surface area contributed by atoms with E-state index >= 15 is 0 Å². The van der Waals surface area contributed by atoms with Gasteiger partial charge in [0.25, 0.3) is 0 Å². The van der Waals surface area contributed by atoms with E-state index in [0.717, 1.165) is 23.2 Å². The van der Waals surface area contributed by atoms with Gasteiger partial charge in [0.15, 0.2) is 5.16 Å². The third kappa shape index (κ3) is 4.86. The molecule has 0 spiro atoms. The maximum Gasteiger partial charge on any atom is 0.187 e. The number of nitrogens with zero attached hydrogens (tertiary/aromatic N) is 2. The Hall–Kier alpha value is -2.86. The second-order valence-electron chi connectivity index (χ2n) is 5.79. The van der Waals surface area contributed by atoms with Gasteiger partial charge in [0, 0.05) is 6.20 Å². The molecule has 1 unspecified atom stereocenters. The largest absolute Gasteiger partial charge is 0.497 e. The number of aromatic nitrogens is 2. The zero-order valence-corrected chi connectivity index (χ0v) is 16.0. The Morgan fingerprint density at radius 1 is 1.11 bits per heavy atom. The molecule has 6 heteroatoms. The molecule has 0 bridgehead atoms. The highest BCUT2D eigenvalue weighted by atomic mass is 32.2. The molecule has 0 N–H and O–H groups in total. The van der Waals surface area contributed by atoms with Gasteiger partial charge in [-0.3, -0.25) is 0 Å². The number of methoxy groups -OCH3 is 1. The summed E-state index contributed by atoms with van der Waals surface area (Å²) in [6.45, 7) is 0.434. The van der Waals surface area contributed by atoms with Crippen LogP contribution in [0.3, 0.4) is 0 Å². The number of rotatable bonds is 8. The van der Waals surface area contributed by atoms with Gasteiger partial charge in [-0.15, -0.1) is 0 Å². The number of hydrogen-bond donors (Lipinski definition) is 0. The standard InChI is InChI=1S/C21H20N2O3S/c1-25-17-8-6-15(7-9-17)14-26-18-5-3-4-16(12-18)19(13-24)20-10-11-22-21(23-20)27-2/h3-13,19H,14H2,1-2H3. The fourth-order valence-corrected chi connectivity index (χ4v) is 2.99. The van der Waals surface area contributed by atoms with E-state index in [2.05, 4.69) is 9.97 Å². The zero-order valence-electron chi connectivity index (χ0n) is 15.2. The van der Waals surface area contributed by atoms with Crippen LogP contribution in [0.2, 0.25) is 0 Å². The SMILES string of the molecule is COc1ccc(COc2cccc(C(C=O)c3ccnc(SC)n3)c2)cc1. The summed E-state index contributed by atoms with van der Waals surface area (Å²) in [5.74, 6) is 1.06. The number of carbonyl (C=O) groups excluding carboxylic acids is 1. The number of thioether (sulfide) groups is 1. The molecule has 27 heavy (non-hydrogen) atoms. The molecule has 0 saturated carbocycles. The Morgan fingerprint density at radius 2 is 1.93 bits per heavy atom. The Bertz CT molecular complexity index is 900. The van der Waals surface area contributed by atoms with Crippen molar-refractivity contribution in [3.63, 3.8) is 0 Å². The molecule has 3 rings (SSSR count). The van der Waals surface area contributed by atoms with Crippen LogP contribution in [0, 0.1) is 0 Å². The van der Waals surface area contributed by atoms with Gasteiger partial charge in [0.1, 0.15) is 24.4 Å². The molecule has 1 heterocycles. The van der Waals surface area contributed by atoms with E-state index in [9.17, 15) is 4.79 Å². The fourth-order valence-electron chi connectivity index (χ4n) is 2.63. The van der Waals surface area contributed by atoms with Crippen molar-refractivity contribution in [3.8, 4) is 11.5 Å². The lowest BCUT2D eigenvalue weighted by atomic mass is 9.97. The minimum atomic E-state index is -0.455. The summed E-state index contributed by atoms with van der Waals surface area (Å²) in [6.07, 6.45) is 4.48. The monoisotopic (exact) mass is 380 g/mol. The van der Waals surface area contributed by atoms with Crippen LogP contribution in [-0.4, -0.2) is 29.6 Å². The summed E-state index contributed by atoms with van der Waals surface area (Å²) in [4.78, 5) is 20.3. The number of benzene rings is 2. The van der Waals surface area contributed by atoms with Crippen molar-refractivity contribution in [1.82, 2.24) is 9.97 Å². The highest BCUT2D eigenvalue weighted by molar-refractivity contribution is 7.98. The number of ether oxygens (including phenoxy) is 2. The Kier molecular flexibility index (Phi) is 6.44. The van der Waals surface area contributed by atoms with E-state index in [0.29, 0.717) is 23.2 Å². The van der Waals surface area contributed by atoms with Crippen molar-refractivity contribution in [3.05, 3.63) is 77.6 Å². The maximum atomic E-state index is 11.7.